The molecule has 0 spiro atoms. The first-order chi connectivity index (χ1) is 13.2. The lowest BCUT2D eigenvalue weighted by molar-refractivity contribution is -0.254. The first-order valence-electron chi connectivity index (χ1n) is 8.74. The van der Waals surface area contributed by atoms with Crippen LogP contribution in [0.25, 0.3) is 0 Å². The Morgan fingerprint density at radius 2 is 1.85 bits per heavy atom. The lowest BCUT2D eigenvalue weighted by Gasteiger charge is -2.09. The van der Waals surface area contributed by atoms with Crippen molar-refractivity contribution in [1.82, 2.24) is 0 Å². The second-order valence-corrected chi connectivity index (χ2v) is 7.42. The maximum Gasteiger partial charge on any atom is 0.118 e. The molecule has 2 atom stereocenters. The first-order valence-corrected chi connectivity index (χ1v) is 9.62. The zero-order valence-corrected chi connectivity index (χ0v) is 15.6. The largest absolute Gasteiger partial charge is 0.544 e. The fourth-order valence-corrected chi connectivity index (χ4v) is 4.02. The second kappa shape index (κ2) is 7.37. The number of carboxylic acid groups (broad SMARTS) is 1. The van der Waals surface area contributed by atoms with Gasteiger partial charge >= 0.3 is 0 Å². The molecule has 0 radical (unpaired) electrons. The molecular weight excluding hydrogens is 358 g/mol. The minimum absolute atomic E-state index is 0.171. The summed E-state index contributed by atoms with van der Waals surface area (Å²) in [7, 11) is 1.66. The summed E-state index contributed by atoms with van der Waals surface area (Å²) in [6, 6.07) is 19.8. The van der Waals surface area contributed by atoms with Crippen LogP contribution in [0, 0.1) is 5.92 Å². The van der Waals surface area contributed by atoms with Crippen molar-refractivity contribution in [3.63, 3.8) is 0 Å². The fourth-order valence-electron chi connectivity index (χ4n) is 3.36. The third kappa shape index (κ3) is 3.64. The molecule has 1 fully saturated rings. The summed E-state index contributed by atoms with van der Waals surface area (Å²) in [6.07, 6.45) is 0.991. The molecule has 1 heterocycles. The molecule has 1 aromatic heterocycles. The number of carboxylic acids is 1. The number of carbonyl (C=O) groups is 1. The van der Waals surface area contributed by atoms with Gasteiger partial charge in [-0.15, -0.1) is 11.3 Å². The number of methoxy groups -OCH3 is 1. The molecule has 0 bridgehead atoms. The maximum absolute atomic E-state index is 11.4. The van der Waals surface area contributed by atoms with E-state index < -0.39 is 5.97 Å². The Labute approximate surface area is 161 Å². The average molecular weight is 376 g/mol. The third-order valence-electron chi connectivity index (χ3n) is 4.83. The van der Waals surface area contributed by atoms with Gasteiger partial charge in [-0.3, -0.25) is 4.99 Å². The standard InChI is InChI=1S/C22H19NO3S/c1-26-16-9-7-14(8-10-16)17-13-18(17)20(15-5-3-2-4-6-15)23-19-11-12-27-21(19)22(24)25/h2-12,17-18H,13H2,1H3,(H,24,25)/p-1. The molecular formula is C22H18NO3S-. The molecule has 136 valence electrons. The predicted molar refractivity (Wildman–Crippen MR) is 105 cm³/mol. The van der Waals surface area contributed by atoms with E-state index in [0.717, 1.165) is 34.8 Å². The SMILES string of the molecule is COc1ccc(C2CC2C(=Nc2ccsc2C(=O)[O-])c2ccccc2)cc1. The van der Waals surface area contributed by atoms with E-state index in [1.54, 1.807) is 18.6 Å². The number of nitrogens with zero attached hydrogens (tertiary/aromatic N) is 1. The molecule has 2 unspecified atom stereocenters. The van der Waals surface area contributed by atoms with Crippen molar-refractivity contribution < 1.29 is 14.6 Å². The molecule has 4 rings (SSSR count). The molecule has 1 saturated carbocycles. The van der Waals surface area contributed by atoms with Crippen molar-refractivity contribution in [3.8, 4) is 5.75 Å². The van der Waals surface area contributed by atoms with E-state index in [-0.39, 0.29) is 10.8 Å². The summed E-state index contributed by atoms with van der Waals surface area (Å²) in [5.74, 6) is 0.290. The number of aliphatic imine (C=N–C) groups is 1. The van der Waals surface area contributed by atoms with E-state index in [2.05, 4.69) is 12.1 Å². The van der Waals surface area contributed by atoms with Crippen molar-refractivity contribution >= 4 is 28.7 Å². The van der Waals surface area contributed by atoms with Crippen molar-refractivity contribution in [1.29, 1.82) is 0 Å². The maximum atomic E-state index is 11.4. The van der Waals surface area contributed by atoms with Gasteiger partial charge in [-0.1, -0.05) is 42.5 Å². The molecule has 27 heavy (non-hydrogen) atoms. The Balaban J connectivity index is 1.68. The Hall–Kier alpha value is -2.92. The Morgan fingerprint density at radius 3 is 2.52 bits per heavy atom. The predicted octanol–water partition coefficient (Wildman–Crippen LogP) is 4.04. The highest BCUT2D eigenvalue weighted by Gasteiger charge is 2.42. The first kappa shape index (κ1) is 17.5. The molecule has 0 amide bonds. The van der Waals surface area contributed by atoms with Crippen molar-refractivity contribution in [3.05, 3.63) is 82.0 Å². The highest BCUT2D eigenvalue weighted by atomic mass is 32.1. The highest BCUT2D eigenvalue weighted by Crippen LogP contribution is 2.50. The van der Waals surface area contributed by atoms with Crippen LogP contribution in [0.15, 0.2) is 71.0 Å². The zero-order valence-electron chi connectivity index (χ0n) is 14.8. The molecule has 1 aliphatic rings. The van der Waals surface area contributed by atoms with Crippen LogP contribution in [-0.4, -0.2) is 18.8 Å². The average Bonchev–Trinajstić information content (AvgIpc) is 3.35. The number of thiophene rings is 1. The van der Waals surface area contributed by atoms with Gasteiger partial charge in [0.15, 0.2) is 0 Å². The summed E-state index contributed by atoms with van der Waals surface area (Å²) in [5.41, 5.74) is 3.67. The van der Waals surface area contributed by atoms with Gasteiger partial charge in [-0.05, 0) is 47.0 Å². The van der Waals surface area contributed by atoms with Gasteiger partial charge < -0.3 is 14.6 Å². The number of hydrogen-bond donors (Lipinski definition) is 0. The van der Waals surface area contributed by atoms with Crippen LogP contribution >= 0.6 is 11.3 Å². The van der Waals surface area contributed by atoms with Crippen LogP contribution in [0.3, 0.4) is 0 Å². The van der Waals surface area contributed by atoms with E-state index in [1.165, 1.54) is 5.56 Å². The lowest BCUT2D eigenvalue weighted by atomic mass is 10.0. The van der Waals surface area contributed by atoms with Gasteiger partial charge in [-0.2, -0.15) is 0 Å². The summed E-state index contributed by atoms with van der Waals surface area (Å²) < 4.78 is 5.23. The molecule has 4 nitrogen and oxygen atoms in total. The van der Waals surface area contributed by atoms with Gasteiger partial charge in [-0.25, -0.2) is 0 Å². The second-order valence-electron chi connectivity index (χ2n) is 6.51. The monoisotopic (exact) mass is 376 g/mol. The van der Waals surface area contributed by atoms with Gasteiger partial charge in [0, 0.05) is 5.92 Å². The van der Waals surface area contributed by atoms with Crippen LogP contribution in [0.2, 0.25) is 0 Å². The summed E-state index contributed by atoms with van der Waals surface area (Å²) >= 11 is 1.15. The molecule has 0 aliphatic heterocycles. The van der Waals surface area contributed by atoms with Gasteiger partial charge in [0.1, 0.15) is 5.75 Å². The van der Waals surface area contributed by atoms with Crippen molar-refractivity contribution in [2.75, 3.05) is 7.11 Å². The minimum Gasteiger partial charge on any atom is -0.544 e. The lowest BCUT2D eigenvalue weighted by Crippen LogP contribution is -2.21. The van der Waals surface area contributed by atoms with Gasteiger partial charge in [0.2, 0.25) is 0 Å². The van der Waals surface area contributed by atoms with Gasteiger partial charge in [0.25, 0.3) is 0 Å². The number of rotatable bonds is 6. The number of carbonyl (C=O) groups excluding carboxylic acids is 1. The van der Waals surface area contributed by atoms with E-state index in [0.29, 0.717) is 11.6 Å². The Morgan fingerprint density at radius 1 is 1.11 bits per heavy atom. The minimum atomic E-state index is -1.18. The molecule has 5 heteroatoms. The fraction of sp³-hybridized carbons (Fsp3) is 0.182. The zero-order chi connectivity index (χ0) is 18.8. The topological polar surface area (TPSA) is 61.7 Å². The van der Waals surface area contributed by atoms with Crippen molar-refractivity contribution in [2.45, 2.75) is 12.3 Å². The van der Waals surface area contributed by atoms with Gasteiger partial charge in [0.05, 0.1) is 29.4 Å². The number of benzene rings is 2. The molecule has 2 aromatic carbocycles. The van der Waals surface area contributed by atoms with E-state index in [4.69, 9.17) is 9.73 Å². The molecule has 1 aliphatic carbocycles. The summed E-state index contributed by atoms with van der Waals surface area (Å²) in [5, 5.41) is 13.1. The number of hydrogen-bond acceptors (Lipinski definition) is 5. The number of aromatic carboxylic acids is 1. The smallest absolute Gasteiger partial charge is 0.118 e. The number of ether oxygens (including phenoxy) is 1. The van der Waals surface area contributed by atoms with E-state index >= 15 is 0 Å². The van der Waals surface area contributed by atoms with Crippen LogP contribution in [-0.2, 0) is 0 Å². The van der Waals surface area contributed by atoms with Crippen molar-refractivity contribution in [2.24, 2.45) is 10.9 Å². The Kier molecular flexibility index (Phi) is 4.77. The molecule has 0 saturated heterocycles. The Bertz CT molecular complexity index is 976. The van der Waals surface area contributed by atoms with Crippen LogP contribution < -0.4 is 9.84 Å². The molecule has 3 aromatic rings. The van der Waals surface area contributed by atoms with E-state index in [1.807, 2.05) is 42.5 Å². The van der Waals surface area contributed by atoms with Crippen LogP contribution in [0.4, 0.5) is 5.69 Å². The van der Waals surface area contributed by atoms with Crippen LogP contribution in [0.5, 0.6) is 5.75 Å². The van der Waals surface area contributed by atoms with Crippen LogP contribution in [0.1, 0.15) is 33.1 Å². The summed E-state index contributed by atoms with van der Waals surface area (Å²) in [6.45, 7) is 0. The highest BCUT2D eigenvalue weighted by molar-refractivity contribution is 7.12. The normalized spacial score (nSPS) is 18.9. The molecule has 0 N–H and O–H groups in total. The summed E-state index contributed by atoms with van der Waals surface area (Å²) in [4.78, 5) is 16.3. The third-order valence-corrected chi connectivity index (χ3v) is 5.71. The van der Waals surface area contributed by atoms with E-state index in [9.17, 15) is 9.90 Å². The quantitative estimate of drug-likeness (QED) is 0.610.